The lowest BCUT2D eigenvalue weighted by atomic mass is 10.0. The molecule has 6 heteroatoms. The SMILES string of the molecule is CNc1nc(-c2cccnc2)nc2ccc(-c3cccc(-c4nccs4)c3)cc12. The van der Waals surface area contributed by atoms with Crippen molar-refractivity contribution in [1.82, 2.24) is 19.9 Å². The number of anilines is 1. The van der Waals surface area contributed by atoms with Crippen molar-refractivity contribution in [3.8, 4) is 33.1 Å². The molecule has 0 aliphatic heterocycles. The van der Waals surface area contributed by atoms with Crippen molar-refractivity contribution in [3.63, 3.8) is 0 Å². The van der Waals surface area contributed by atoms with Gasteiger partial charge in [0.25, 0.3) is 0 Å². The first-order valence-corrected chi connectivity index (χ1v) is 10.1. The Morgan fingerprint density at radius 2 is 1.69 bits per heavy atom. The summed E-state index contributed by atoms with van der Waals surface area (Å²) in [5.41, 5.74) is 5.16. The molecule has 0 atom stereocenters. The van der Waals surface area contributed by atoms with Crippen molar-refractivity contribution in [2.45, 2.75) is 0 Å². The van der Waals surface area contributed by atoms with Crippen LogP contribution in [0.2, 0.25) is 0 Å². The number of nitrogens with one attached hydrogen (secondary N) is 1. The van der Waals surface area contributed by atoms with Crippen LogP contribution in [0.4, 0.5) is 5.82 Å². The summed E-state index contributed by atoms with van der Waals surface area (Å²) in [5.74, 6) is 1.46. The highest BCUT2D eigenvalue weighted by Gasteiger charge is 2.11. The number of aromatic nitrogens is 4. The average Bonchev–Trinajstić information content (AvgIpc) is 3.34. The normalized spacial score (nSPS) is 10.9. The second-order valence-electron chi connectivity index (χ2n) is 6.54. The Morgan fingerprint density at radius 3 is 2.48 bits per heavy atom. The van der Waals surface area contributed by atoms with Crippen molar-refractivity contribution in [3.05, 3.63) is 78.6 Å². The van der Waals surface area contributed by atoms with Crippen molar-refractivity contribution in [1.29, 1.82) is 0 Å². The first-order valence-electron chi connectivity index (χ1n) is 9.22. The fourth-order valence-corrected chi connectivity index (χ4v) is 3.96. The zero-order valence-electron chi connectivity index (χ0n) is 15.7. The van der Waals surface area contributed by atoms with Crippen LogP contribution in [-0.2, 0) is 0 Å². The molecule has 5 rings (SSSR count). The minimum atomic E-state index is 0.661. The standard InChI is InChI=1S/C23H17N5S/c1-24-22-19-13-16(15-4-2-5-17(12-15)23-26-10-11-29-23)7-8-20(19)27-21(28-22)18-6-3-9-25-14-18/h2-14H,1H3,(H,24,27,28). The molecule has 0 fully saturated rings. The average molecular weight is 395 g/mol. The molecule has 3 aromatic heterocycles. The van der Waals surface area contributed by atoms with Gasteiger partial charge in [0.1, 0.15) is 10.8 Å². The Bertz CT molecular complexity index is 1280. The lowest BCUT2D eigenvalue weighted by molar-refractivity contribution is 1.20. The molecule has 1 N–H and O–H groups in total. The smallest absolute Gasteiger partial charge is 0.163 e. The minimum Gasteiger partial charge on any atom is -0.373 e. The van der Waals surface area contributed by atoms with E-state index >= 15 is 0 Å². The molecule has 3 heterocycles. The molecule has 140 valence electrons. The number of fused-ring (bicyclic) bond motifs is 1. The second kappa shape index (κ2) is 7.41. The maximum Gasteiger partial charge on any atom is 0.163 e. The maximum atomic E-state index is 4.75. The van der Waals surface area contributed by atoms with Crippen LogP contribution in [0.15, 0.2) is 78.6 Å². The van der Waals surface area contributed by atoms with Crippen molar-refractivity contribution >= 4 is 28.1 Å². The molecular weight excluding hydrogens is 378 g/mol. The van der Waals surface area contributed by atoms with E-state index in [4.69, 9.17) is 9.97 Å². The van der Waals surface area contributed by atoms with E-state index in [1.807, 2.05) is 36.8 Å². The molecule has 0 spiro atoms. The maximum absolute atomic E-state index is 4.75. The predicted molar refractivity (Wildman–Crippen MR) is 119 cm³/mol. The third-order valence-corrected chi connectivity index (χ3v) is 5.55. The fraction of sp³-hybridized carbons (Fsp3) is 0.0435. The summed E-state index contributed by atoms with van der Waals surface area (Å²) in [6.07, 6.45) is 5.35. The third-order valence-electron chi connectivity index (χ3n) is 4.73. The molecule has 5 nitrogen and oxygen atoms in total. The van der Waals surface area contributed by atoms with Crippen molar-refractivity contribution in [2.75, 3.05) is 12.4 Å². The highest BCUT2D eigenvalue weighted by atomic mass is 32.1. The topological polar surface area (TPSA) is 63.6 Å². The quantitative estimate of drug-likeness (QED) is 0.434. The van der Waals surface area contributed by atoms with E-state index in [0.29, 0.717) is 5.82 Å². The molecular formula is C23H17N5S. The zero-order valence-corrected chi connectivity index (χ0v) is 16.5. The highest BCUT2D eigenvalue weighted by Crippen LogP contribution is 2.31. The van der Waals surface area contributed by atoms with Crippen LogP contribution in [0, 0.1) is 0 Å². The largest absolute Gasteiger partial charge is 0.373 e. The predicted octanol–water partition coefficient (Wildman–Crippen LogP) is 5.52. The van der Waals surface area contributed by atoms with E-state index < -0.39 is 0 Å². The Kier molecular flexibility index (Phi) is 4.46. The molecule has 0 saturated carbocycles. The van der Waals surface area contributed by atoms with Gasteiger partial charge in [0, 0.05) is 47.5 Å². The summed E-state index contributed by atoms with van der Waals surface area (Å²) >= 11 is 1.64. The summed E-state index contributed by atoms with van der Waals surface area (Å²) in [6.45, 7) is 0. The Labute approximate surface area is 172 Å². The summed E-state index contributed by atoms with van der Waals surface area (Å²) in [4.78, 5) is 18.1. The van der Waals surface area contributed by atoms with Gasteiger partial charge in [0.05, 0.1) is 5.52 Å². The number of hydrogen-bond acceptors (Lipinski definition) is 6. The summed E-state index contributed by atoms with van der Waals surface area (Å²) in [7, 11) is 1.88. The number of pyridine rings is 1. The molecule has 0 aliphatic carbocycles. The Balaban J connectivity index is 1.62. The number of thiazole rings is 1. The van der Waals surface area contributed by atoms with Crippen LogP contribution in [0.5, 0.6) is 0 Å². The van der Waals surface area contributed by atoms with Crippen LogP contribution >= 0.6 is 11.3 Å². The zero-order chi connectivity index (χ0) is 19.6. The summed E-state index contributed by atoms with van der Waals surface area (Å²) in [5, 5.41) is 7.21. The Hall–Kier alpha value is -3.64. The molecule has 5 aromatic rings. The minimum absolute atomic E-state index is 0.661. The lowest BCUT2D eigenvalue weighted by Gasteiger charge is -2.10. The number of rotatable bonds is 4. The van der Waals surface area contributed by atoms with Crippen LogP contribution < -0.4 is 5.32 Å². The van der Waals surface area contributed by atoms with Crippen LogP contribution in [0.3, 0.4) is 0 Å². The van der Waals surface area contributed by atoms with Crippen molar-refractivity contribution in [2.24, 2.45) is 0 Å². The van der Waals surface area contributed by atoms with Gasteiger partial charge < -0.3 is 5.32 Å². The summed E-state index contributed by atoms with van der Waals surface area (Å²) < 4.78 is 0. The number of nitrogens with zero attached hydrogens (tertiary/aromatic N) is 4. The van der Waals surface area contributed by atoms with Crippen LogP contribution in [-0.4, -0.2) is 27.0 Å². The summed E-state index contributed by atoms with van der Waals surface area (Å²) in [6, 6.07) is 18.6. The molecule has 0 amide bonds. The van der Waals surface area contributed by atoms with E-state index in [9.17, 15) is 0 Å². The van der Waals surface area contributed by atoms with Crippen molar-refractivity contribution < 1.29 is 0 Å². The first-order chi connectivity index (χ1) is 14.3. The molecule has 2 aromatic carbocycles. The van der Waals surface area contributed by atoms with Gasteiger partial charge >= 0.3 is 0 Å². The highest BCUT2D eigenvalue weighted by molar-refractivity contribution is 7.13. The van der Waals surface area contributed by atoms with E-state index in [1.54, 1.807) is 23.7 Å². The van der Waals surface area contributed by atoms with Gasteiger partial charge in [-0.15, -0.1) is 11.3 Å². The van der Waals surface area contributed by atoms with Gasteiger partial charge in [-0.2, -0.15) is 0 Å². The van der Waals surface area contributed by atoms with Gasteiger partial charge in [-0.25, -0.2) is 15.0 Å². The first kappa shape index (κ1) is 17.5. The monoisotopic (exact) mass is 395 g/mol. The van der Waals surface area contributed by atoms with Gasteiger partial charge in [-0.3, -0.25) is 4.98 Å². The molecule has 0 unspecified atom stereocenters. The third kappa shape index (κ3) is 3.34. The van der Waals surface area contributed by atoms with E-state index in [-0.39, 0.29) is 0 Å². The van der Waals surface area contributed by atoms with E-state index in [2.05, 4.69) is 51.7 Å². The van der Waals surface area contributed by atoms with Gasteiger partial charge in [0.2, 0.25) is 0 Å². The second-order valence-corrected chi connectivity index (χ2v) is 7.43. The number of hydrogen-bond donors (Lipinski definition) is 1. The lowest BCUT2D eigenvalue weighted by Crippen LogP contribution is -1.99. The van der Waals surface area contributed by atoms with Crippen LogP contribution in [0.1, 0.15) is 0 Å². The number of benzene rings is 2. The van der Waals surface area contributed by atoms with Crippen LogP contribution in [0.25, 0.3) is 44.0 Å². The fourth-order valence-electron chi connectivity index (χ4n) is 3.32. The van der Waals surface area contributed by atoms with Gasteiger partial charge in [-0.05, 0) is 41.5 Å². The molecule has 0 bridgehead atoms. The van der Waals surface area contributed by atoms with Gasteiger partial charge in [0.15, 0.2) is 5.82 Å². The van der Waals surface area contributed by atoms with E-state index in [1.165, 1.54) is 0 Å². The molecule has 29 heavy (non-hydrogen) atoms. The molecule has 0 saturated heterocycles. The van der Waals surface area contributed by atoms with Gasteiger partial charge in [-0.1, -0.05) is 24.3 Å². The molecule has 0 aliphatic rings. The molecule has 0 radical (unpaired) electrons. The Morgan fingerprint density at radius 1 is 0.828 bits per heavy atom. The van der Waals surface area contributed by atoms with E-state index in [0.717, 1.165) is 44.0 Å².